The molecule has 1 unspecified atom stereocenters. The molecule has 0 saturated heterocycles. The minimum absolute atomic E-state index is 0.0263. The summed E-state index contributed by atoms with van der Waals surface area (Å²) in [7, 11) is 1.87. The van der Waals surface area contributed by atoms with Crippen molar-refractivity contribution >= 4 is 17.8 Å². The van der Waals surface area contributed by atoms with Gasteiger partial charge < -0.3 is 14.5 Å². The molecule has 1 aliphatic carbocycles. The summed E-state index contributed by atoms with van der Waals surface area (Å²) in [4.78, 5) is 22.4. The highest BCUT2D eigenvalue weighted by Gasteiger charge is 2.25. The van der Waals surface area contributed by atoms with Gasteiger partial charge in [-0.1, -0.05) is 49.4 Å². The molecule has 36 heavy (non-hydrogen) atoms. The first-order valence-corrected chi connectivity index (χ1v) is 12.7. The van der Waals surface area contributed by atoms with Crippen LogP contribution in [0, 0.1) is 6.92 Å². The number of allylic oxidation sites excluding steroid dienone is 1. The number of likely N-dealkylation sites (N-methyl/N-ethyl adjacent to an activating group) is 1. The number of benzene rings is 1. The number of pyridine rings is 1. The zero-order valence-electron chi connectivity index (χ0n) is 22.2. The standard InChI is InChI=1S/C25H33N3O2.C4H6N2/c1-5-28(15-16-30-6-2)23-17-22(21-14-10-11-19(3)24(21)26-23)25(29)27(4)18-20-12-8-7-9-13-20;1-4-2-3-5-6-4/h7-10,12-14,17,19H,5-6,11,15-16,18H2,1-4H3;2-3H,1H3,(H,5,6). The number of fused-ring (bicyclic) bond motifs is 1. The fourth-order valence-corrected chi connectivity index (χ4v) is 4.17. The second-order valence-corrected chi connectivity index (χ2v) is 9.03. The first kappa shape index (κ1) is 27.1. The third-order valence-electron chi connectivity index (χ3n) is 6.21. The average Bonchev–Trinajstić information content (AvgIpc) is 3.38. The van der Waals surface area contributed by atoms with Crippen LogP contribution in [0.25, 0.3) is 6.08 Å². The Hall–Kier alpha value is -3.45. The van der Waals surface area contributed by atoms with E-state index in [2.05, 4.69) is 41.1 Å². The number of nitrogens with one attached hydrogen (secondary N) is 1. The topological polar surface area (TPSA) is 74.3 Å². The molecule has 0 saturated carbocycles. The Morgan fingerprint density at radius 1 is 1.19 bits per heavy atom. The van der Waals surface area contributed by atoms with E-state index in [4.69, 9.17) is 9.72 Å². The molecule has 7 nitrogen and oxygen atoms in total. The van der Waals surface area contributed by atoms with Crippen LogP contribution < -0.4 is 4.90 Å². The molecule has 0 aliphatic heterocycles. The van der Waals surface area contributed by atoms with Crippen LogP contribution in [0.2, 0.25) is 0 Å². The molecule has 0 spiro atoms. The van der Waals surface area contributed by atoms with Crippen LogP contribution in [0.15, 0.2) is 54.7 Å². The number of ether oxygens (including phenoxy) is 1. The molecule has 4 rings (SSSR count). The normalized spacial score (nSPS) is 14.0. The number of aryl methyl sites for hydroxylation is 1. The number of hydrogen-bond acceptors (Lipinski definition) is 5. The summed E-state index contributed by atoms with van der Waals surface area (Å²) < 4.78 is 5.55. The molecule has 7 heteroatoms. The summed E-state index contributed by atoms with van der Waals surface area (Å²) in [6.45, 7) is 11.8. The van der Waals surface area contributed by atoms with Crippen LogP contribution >= 0.6 is 0 Å². The Bertz CT molecular complexity index is 1110. The van der Waals surface area contributed by atoms with Gasteiger partial charge in [0.15, 0.2) is 0 Å². The van der Waals surface area contributed by atoms with Crippen LogP contribution in [-0.4, -0.2) is 59.3 Å². The SMILES string of the molecule is CCOCCN(CC)c1cc(C(=O)N(C)Cc2ccccc2)c2c(n1)C(C)CC=C2.Cc1ccn[nH]1. The van der Waals surface area contributed by atoms with Gasteiger partial charge in [0.1, 0.15) is 5.82 Å². The number of anilines is 1. The van der Waals surface area contributed by atoms with Gasteiger partial charge in [-0.3, -0.25) is 9.89 Å². The quantitative estimate of drug-likeness (QED) is 0.404. The number of H-pyrrole nitrogens is 1. The predicted molar refractivity (Wildman–Crippen MR) is 146 cm³/mol. The Balaban J connectivity index is 0.000000526. The van der Waals surface area contributed by atoms with Gasteiger partial charge in [-0.05, 0) is 44.9 Å². The molecule has 3 aromatic rings. The molecule has 0 fully saturated rings. The van der Waals surface area contributed by atoms with Crippen molar-refractivity contribution in [2.45, 2.75) is 46.6 Å². The van der Waals surface area contributed by atoms with Crippen molar-refractivity contribution in [2.24, 2.45) is 0 Å². The van der Waals surface area contributed by atoms with Gasteiger partial charge in [0.2, 0.25) is 0 Å². The minimum Gasteiger partial charge on any atom is -0.380 e. The van der Waals surface area contributed by atoms with Crippen LogP contribution in [0.4, 0.5) is 5.82 Å². The molecule has 2 heterocycles. The smallest absolute Gasteiger partial charge is 0.254 e. The van der Waals surface area contributed by atoms with Gasteiger partial charge >= 0.3 is 0 Å². The highest BCUT2D eigenvalue weighted by molar-refractivity contribution is 5.99. The second kappa shape index (κ2) is 13.6. The predicted octanol–water partition coefficient (Wildman–Crippen LogP) is 5.46. The number of carbonyl (C=O) groups excluding carboxylic acids is 1. The summed E-state index contributed by atoms with van der Waals surface area (Å²) in [5.41, 5.74) is 4.93. The first-order chi connectivity index (χ1) is 17.4. The van der Waals surface area contributed by atoms with Crippen molar-refractivity contribution in [2.75, 3.05) is 38.3 Å². The van der Waals surface area contributed by atoms with E-state index in [0.29, 0.717) is 25.7 Å². The number of amides is 1. The Kier molecular flexibility index (Phi) is 10.2. The van der Waals surface area contributed by atoms with Crippen molar-refractivity contribution in [1.29, 1.82) is 0 Å². The molecule has 2 aromatic heterocycles. The van der Waals surface area contributed by atoms with Crippen LogP contribution in [0.3, 0.4) is 0 Å². The zero-order chi connectivity index (χ0) is 25.9. The van der Waals surface area contributed by atoms with Gasteiger partial charge in [-0.2, -0.15) is 5.10 Å². The van der Waals surface area contributed by atoms with Gasteiger partial charge in [0, 0.05) is 56.7 Å². The van der Waals surface area contributed by atoms with E-state index in [0.717, 1.165) is 53.4 Å². The maximum absolute atomic E-state index is 13.5. The molecule has 1 amide bonds. The lowest BCUT2D eigenvalue weighted by molar-refractivity contribution is 0.0784. The van der Waals surface area contributed by atoms with E-state index in [1.54, 1.807) is 11.1 Å². The second-order valence-electron chi connectivity index (χ2n) is 9.03. The van der Waals surface area contributed by atoms with E-state index in [-0.39, 0.29) is 5.91 Å². The van der Waals surface area contributed by atoms with Crippen molar-refractivity contribution in [3.8, 4) is 0 Å². The number of nitrogens with zero attached hydrogens (tertiary/aromatic N) is 4. The fraction of sp³-hybridized carbons (Fsp3) is 0.414. The number of aromatic nitrogens is 3. The number of carbonyl (C=O) groups is 1. The Morgan fingerprint density at radius 3 is 2.58 bits per heavy atom. The largest absolute Gasteiger partial charge is 0.380 e. The molecule has 0 bridgehead atoms. The van der Waals surface area contributed by atoms with Gasteiger partial charge in [-0.25, -0.2) is 4.98 Å². The maximum Gasteiger partial charge on any atom is 0.254 e. The number of rotatable bonds is 9. The maximum atomic E-state index is 13.5. The molecule has 1 N–H and O–H groups in total. The third-order valence-corrected chi connectivity index (χ3v) is 6.21. The minimum atomic E-state index is 0.0263. The highest BCUT2D eigenvalue weighted by atomic mass is 16.5. The Labute approximate surface area is 215 Å². The van der Waals surface area contributed by atoms with Crippen molar-refractivity contribution in [1.82, 2.24) is 20.1 Å². The highest BCUT2D eigenvalue weighted by Crippen LogP contribution is 2.33. The van der Waals surface area contributed by atoms with Crippen molar-refractivity contribution in [3.05, 3.63) is 82.8 Å². The molecule has 1 aromatic carbocycles. The lowest BCUT2D eigenvalue weighted by Crippen LogP contribution is -2.31. The number of hydrogen-bond donors (Lipinski definition) is 1. The molecule has 1 aliphatic rings. The lowest BCUT2D eigenvalue weighted by Gasteiger charge is -2.28. The monoisotopic (exact) mass is 489 g/mol. The average molecular weight is 490 g/mol. The molecule has 192 valence electrons. The first-order valence-electron chi connectivity index (χ1n) is 12.7. The van der Waals surface area contributed by atoms with Crippen LogP contribution in [0.5, 0.6) is 0 Å². The Morgan fingerprint density at radius 2 is 1.97 bits per heavy atom. The zero-order valence-corrected chi connectivity index (χ0v) is 22.2. The van der Waals surface area contributed by atoms with Crippen molar-refractivity contribution in [3.63, 3.8) is 0 Å². The number of aromatic amines is 1. The summed E-state index contributed by atoms with van der Waals surface area (Å²) in [6.07, 6.45) is 6.89. The van der Waals surface area contributed by atoms with E-state index in [9.17, 15) is 4.79 Å². The van der Waals surface area contributed by atoms with Gasteiger partial charge in [-0.15, -0.1) is 0 Å². The van der Waals surface area contributed by atoms with Crippen molar-refractivity contribution < 1.29 is 9.53 Å². The van der Waals surface area contributed by atoms with E-state index in [1.165, 1.54) is 0 Å². The van der Waals surface area contributed by atoms with Crippen LogP contribution in [0.1, 0.15) is 66.0 Å². The molecular weight excluding hydrogens is 450 g/mol. The van der Waals surface area contributed by atoms with E-state index in [1.807, 2.05) is 63.4 Å². The van der Waals surface area contributed by atoms with E-state index < -0.39 is 0 Å². The molecular formula is C29H39N5O2. The summed E-state index contributed by atoms with van der Waals surface area (Å²) in [5, 5.41) is 6.45. The molecule has 1 atom stereocenters. The van der Waals surface area contributed by atoms with Crippen LogP contribution in [-0.2, 0) is 11.3 Å². The molecule has 0 radical (unpaired) electrons. The summed E-state index contributed by atoms with van der Waals surface area (Å²) in [5.74, 6) is 1.18. The van der Waals surface area contributed by atoms with Gasteiger partial charge in [0.25, 0.3) is 5.91 Å². The van der Waals surface area contributed by atoms with Gasteiger partial charge in [0.05, 0.1) is 17.9 Å². The fourth-order valence-electron chi connectivity index (χ4n) is 4.17. The summed E-state index contributed by atoms with van der Waals surface area (Å²) in [6, 6.07) is 14.0. The lowest BCUT2D eigenvalue weighted by atomic mass is 9.90. The van der Waals surface area contributed by atoms with E-state index >= 15 is 0 Å². The summed E-state index contributed by atoms with van der Waals surface area (Å²) >= 11 is 0. The third kappa shape index (κ3) is 7.28.